The highest BCUT2D eigenvalue weighted by atomic mass is 32.2. The van der Waals surface area contributed by atoms with E-state index >= 15 is 0 Å². The van der Waals surface area contributed by atoms with Crippen LogP contribution in [0.3, 0.4) is 0 Å². The lowest BCUT2D eigenvalue weighted by molar-refractivity contribution is -0.113. The van der Waals surface area contributed by atoms with Crippen LogP contribution in [0.15, 0.2) is 53.6 Å². The van der Waals surface area contributed by atoms with Gasteiger partial charge in [-0.3, -0.25) is 4.79 Å². The van der Waals surface area contributed by atoms with Crippen molar-refractivity contribution in [2.24, 2.45) is 0 Å². The fraction of sp³-hybridized carbons (Fsp3) is 0.250. The third kappa shape index (κ3) is 4.75. The minimum Gasteiger partial charge on any atom is -0.310 e. The Morgan fingerprint density at radius 1 is 1.14 bits per heavy atom. The summed E-state index contributed by atoms with van der Waals surface area (Å²) in [7, 11) is 0. The summed E-state index contributed by atoms with van der Waals surface area (Å²) in [5.41, 5.74) is 0.599. The average Bonchev–Trinajstić information content (AvgIpc) is 3.07. The summed E-state index contributed by atoms with van der Waals surface area (Å²) in [6.45, 7) is 6.09. The summed E-state index contributed by atoms with van der Waals surface area (Å²) in [5, 5.41) is 7.42. The number of nitrogens with zero attached hydrogens (tertiary/aromatic N) is 3. The second kappa shape index (κ2) is 8.10. The van der Waals surface area contributed by atoms with Crippen molar-refractivity contribution in [2.45, 2.75) is 31.1 Å². The van der Waals surface area contributed by atoms with Crippen molar-refractivity contribution in [3.05, 3.63) is 66.0 Å². The van der Waals surface area contributed by atoms with Gasteiger partial charge in [0.25, 0.3) is 0 Å². The number of aromatic nitrogens is 3. The van der Waals surface area contributed by atoms with Gasteiger partial charge in [-0.1, -0.05) is 26.8 Å². The molecule has 0 aliphatic rings. The Labute approximate surface area is 166 Å². The quantitative estimate of drug-likeness (QED) is 0.635. The molecular weight excluding hydrogens is 382 g/mol. The number of thioether (sulfide) groups is 1. The van der Waals surface area contributed by atoms with Gasteiger partial charge in [0.2, 0.25) is 5.91 Å². The number of amides is 1. The van der Waals surface area contributed by atoms with Crippen LogP contribution in [0.25, 0.3) is 5.82 Å². The number of anilines is 1. The molecule has 28 heavy (non-hydrogen) atoms. The summed E-state index contributed by atoms with van der Waals surface area (Å²) in [6, 6.07) is 10.8. The zero-order valence-corrected chi connectivity index (χ0v) is 16.6. The van der Waals surface area contributed by atoms with Crippen LogP contribution < -0.4 is 5.32 Å². The Balaban J connectivity index is 1.77. The molecule has 0 spiro atoms. The smallest absolute Gasteiger partial charge is 0.235 e. The third-order valence-electron chi connectivity index (χ3n) is 3.87. The van der Waals surface area contributed by atoms with Gasteiger partial charge in [0.15, 0.2) is 17.5 Å². The van der Waals surface area contributed by atoms with E-state index in [1.54, 1.807) is 23.0 Å². The Bertz CT molecular complexity index is 984. The van der Waals surface area contributed by atoms with E-state index in [9.17, 15) is 13.6 Å². The monoisotopic (exact) mass is 402 g/mol. The van der Waals surface area contributed by atoms with Crippen LogP contribution in [-0.4, -0.2) is 26.4 Å². The first-order valence-electron chi connectivity index (χ1n) is 8.64. The van der Waals surface area contributed by atoms with Gasteiger partial charge in [-0.15, -0.1) is 11.8 Å². The summed E-state index contributed by atoms with van der Waals surface area (Å²) < 4.78 is 27.9. The first-order chi connectivity index (χ1) is 13.2. The van der Waals surface area contributed by atoms with Gasteiger partial charge < -0.3 is 5.32 Å². The van der Waals surface area contributed by atoms with Crippen molar-refractivity contribution >= 4 is 23.5 Å². The van der Waals surface area contributed by atoms with Gasteiger partial charge in [0, 0.05) is 22.6 Å². The molecular formula is C20H20F2N4OS. The first kappa shape index (κ1) is 20.0. The topological polar surface area (TPSA) is 59.8 Å². The Morgan fingerprint density at radius 3 is 2.57 bits per heavy atom. The minimum absolute atomic E-state index is 0.0450. The van der Waals surface area contributed by atoms with Gasteiger partial charge in [0.1, 0.15) is 5.82 Å². The van der Waals surface area contributed by atoms with Crippen molar-refractivity contribution in [1.82, 2.24) is 14.8 Å². The van der Waals surface area contributed by atoms with E-state index in [4.69, 9.17) is 0 Å². The molecule has 1 amide bonds. The number of carbonyl (C=O) groups is 1. The number of carbonyl (C=O) groups excluding carboxylic acids is 1. The maximum absolute atomic E-state index is 13.3. The molecule has 0 aliphatic heterocycles. The van der Waals surface area contributed by atoms with E-state index < -0.39 is 11.6 Å². The summed E-state index contributed by atoms with van der Waals surface area (Å²) in [4.78, 5) is 17.2. The predicted molar refractivity (Wildman–Crippen MR) is 106 cm³/mol. The molecule has 2 aromatic heterocycles. The van der Waals surface area contributed by atoms with Gasteiger partial charge in [0.05, 0.1) is 11.4 Å². The van der Waals surface area contributed by atoms with Crippen molar-refractivity contribution in [3.63, 3.8) is 0 Å². The SMILES string of the molecule is CC(C)(C)c1cc(NC(=O)CSc2ccc(F)c(F)c2)n(-c2ccccn2)n1. The van der Waals surface area contributed by atoms with E-state index in [1.165, 1.54) is 6.07 Å². The number of hydrogen-bond donors (Lipinski definition) is 1. The molecule has 0 saturated heterocycles. The number of hydrogen-bond acceptors (Lipinski definition) is 4. The zero-order valence-electron chi connectivity index (χ0n) is 15.7. The highest BCUT2D eigenvalue weighted by molar-refractivity contribution is 8.00. The van der Waals surface area contributed by atoms with Crippen LogP contribution in [0.1, 0.15) is 26.5 Å². The molecule has 0 atom stereocenters. The molecule has 3 aromatic rings. The number of benzene rings is 1. The van der Waals surface area contributed by atoms with Crippen LogP contribution >= 0.6 is 11.8 Å². The fourth-order valence-electron chi connectivity index (χ4n) is 2.38. The van der Waals surface area contributed by atoms with Crippen molar-refractivity contribution in [1.29, 1.82) is 0 Å². The van der Waals surface area contributed by atoms with E-state index in [2.05, 4.69) is 15.4 Å². The maximum Gasteiger partial charge on any atom is 0.235 e. The molecule has 2 heterocycles. The molecule has 1 N–H and O–H groups in total. The summed E-state index contributed by atoms with van der Waals surface area (Å²) in [5.74, 6) is -1.01. The fourth-order valence-corrected chi connectivity index (χ4v) is 3.11. The molecule has 3 rings (SSSR count). The normalized spacial score (nSPS) is 11.5. The van der Waals surface area contributed by atoms with Crippen molar-refractivity contribution in [2.75, 3.05) is 11.1 Å². The van der Waals surface area contributed by atoms with Gasteiger partial charge in [-0.05, 0) is 30.3 Å². The number of pyridine rings is 1. The van der Waals surface area contributed by atoms with E-state index in [1.807, 2.05) is 32.9 Å². The molecule has 8 heteroatoms. The van der Waals surface area contributed by atoms with Gasteiger partial charge in [-0.25, -0.2) is 13.8 Å². The largest absolute Gasteiger partial charge is 0.310 e. The molecule has 0 unspecified atom stereocenters. The molecule has 0 saturated carbocycles. The summed E-state index contributed by atoms with van der Waals surface area (Å²) in [6.07, 6.45) is 1.65. The van der Waals surface area contributed by atoms with Crippen LogP contribution in [0.2, 0.25) is 0 Å². The Kier molecular flexibility index (Phi) is 5.79. The minimum atomic E-state index is -0.937. The molecule has 0 bridgehead atoms. The van der Waals surface area contributed by atoms with E-state index in [0.717, 1.165) is 29.6 Å². The van der Waals surface area contributed by atoms with Crippen LogP contribution in [0, 0.1) is 11.6 Å². The lowest BCUT2D eigenvalue weighted by atomic mass is 9.92. The van der Waals surface area contributed by atoms with Crippen LogP contribution in [0.4, 0.5) is 14.6 Å². The second-order valence-corrected chi connectivity index (χ2v) is 8.23. The lowest BCUT2D eigenvalue weighted by Crippen LogP contribution is -2.17. The molecule has 146 valence electrons. The third-order valence-corrected chi connectivity index (χ3v) is 4.87. The number of halogens is 2. The first-order valence-corrected chi connectivity index (χ1v) is 9.62. The summed E-state index contributed by atoms with van der Waals surface area (Å²) >= 11 is 1.12. The highest BCUT2D eigenvalue weighted by Gasteiger charge is 2.22. The van der Waals surface area contributed by atoms with Crippen molar-refractivity contribution < 1.29 is 13.6 Å². The van der Waals surface area contributed by atoms with E-state index in [-0.39, 0.29) is 17.1 Å². The Hall–Kier alpha value is -2.74. The highest BCUT2D eigenvalue weighted by Crippen LogP contribution is 2.26. The molecule has 0 radical (unpaired) electrons. The molecule has 5 nitrogen and oxygen atoms in total. The predicted octanol–water partition coefficient (Wildman–Crippen LogP) is 4.57. The standard InChI is InChI=1S/C20H20F2N4OS/c1-20(2,3)16-11-18(26(25-16)17-6-4-5-9-23-17)24-19(27)12-28-13-7-8-14(21)15(22)10-13/h4-11H,12H2,1-3H3,(H,24,27). The number of rotatable bonds is 5. The number of nitrogens with one attached hydrogen (secondary N) is 1. The maximum atomic E-state index is 13.3. The van der Waals surface area contributed by atoms with Crippen LogP contribution in [0.5, 0.6) is 0 Å². The van der Waals surface area contributed by atoms with Gasteiger partial charge >= 0.3 is 0 Å². The van der Waals surface area contributed by atoms with E-state index in [0.29, 0.717) is 16.5 Å². The Morgan fingerprint density at radius 2 is 1.93 bits per heavy atom. The molecule has 0 aliphatic carbocycles. The average molecular weight is 402 g/mol. The van der Waals surface area contributed by atoms with Gasteiger partial charge in [-0.2, -0.15) is 9.78 Å². The lowest BCUT2D eigenvalue weighted by Gasteiger charge is -2.13. The molecule has 0 fully saturated rings. The zero-order chi connectivity index (χ0) is 20.3. The van der Waals surface area contributed by atoms with Crippen molar-refractivity contribution in [3.8, 4) is 5.82 Å². The van der Waals surface area contributed by atoms with Crippen LogP contribution in [-0.2, 0) is 10.2 Å². The second-order valence-electron chi connectivity index (χ2n) is 7.18. The molecule has 1 aromatic carbocycles.